The summed E-state index contributed by atoms with van der Waals surface area (Å²) in [6, 6.07) is 0.132. The average Bonchev–Trinajstić information content (AvgIpc) is 2.01. The van der Waals surface area contributed by atoms with E-state index in [4.69, 9.17) is 10.5 Å². The quantitative estimate of drug-likeness (QED) is 0.718. The molecule has 2 atom stereocenters. The molecule has 0 spiro atoms. The molecule has 2 unspecified atom stereocenters. The van der Waals surface area contributed by atoms with Crippen LogP contribution in [0.5, 0.6) is 0 Å². The predicted molar refractivity (Wildman–Crippen MR) is 57.8 cm³/mol. The molecule has 0 heterocycles. The molecule has 0 rings (SSSR count). The molecule has 0 fully saturated rings. The standard InChI is InChI=1S/C11H25NO/c1-6-8-9(13-7-2)10(12)11(3,4)5/h9-10H,6-8,12H2,1-5H3. The van der Waals surface area contributed by atoms with Crippen molar-refractivity contribution in [1.82, 2.24) is 0 Å². The van der Waals surface area contributed by atoms with Crippen molar-refractivity contribution in [2.75, 3.05) is 6.61 Å². The highest BCUT2D eigenvalue weighted by atomic mass is 16.5. The van der Waals surface area contributed by atoms with Gasteiger partial charge in [-0.25, -0.2) is 0 Å². The largest absolute Gasteiger partial charge is 0.377 e. The molecule has 2 heteroatoms. The molecular formula is C11H25NO. The van der Waals surface area contributed by atoms with Gasteiger partial charge >= 0.3 is 0 Å². The normalized spacial score (nSPS) is 17.1. The SMILES string of the molecule is CCCC(OCC)C(N)C(C)(C)C. The third-order valence-corrected chi connectivity index (χ3v) is 2.35. The van der Waals surface area contributed by atoms with E-state index in [-0.39, 0.29) is 17.6 Å². The van der Waals surface area contributed by atoms with Gasteiger partial charge in [-0.3, -0.25) is 0 Å². The molecule has 0 aliphatic carbocycles. The van der Waals surface area contributed by atoms with E-state index < -0.39 is 0 Å². The Morgan fingerprint density at radius 3 is 2.08 bits per heavy atom. The highest BCUT2D eigenvalue weighted by Gasteiger charge is 2.28. The van der Waals surface area contributed by atoms with Crippen LogP contribution in [0.15, 0.2) is 0 Å². The Bertz CT molecular complexity index is 123. The first-order chi connectivity index (χ1) is 5.93. The second-order valence-electron chi connectivity index (χ2n) is 4.67. The minimum Gasteiger partial charge on any atom is -0.377 e. The fourth-order valence-corrected chi connectivity index (χ4v) is 1.42. The van der Waals surface area contributed by atoms with Gasteiger partial charge in [0.25, 0.3) is 0 Å². The van der Waals surface area contributed by atoms with Gasteiger partial charge in [0, 0.05) is 12.6 Å². The molecule has 80 valence electrons. The molecule has 0 aliphatic heterocycles. The molecule has 0 saturated heterocycles. The van der Waals surface area contributed by atoms with Gasteiger partial charge in [-0.1, -0.05) is 34.1 Å². The van der Waals surface area contributed by atoms with Gasteiger partial charge in [0.15, 0.2) is 0 Å². The fraction of sp³-hybridized carbons (Fsp3) is 1.00. The molecule has 2 nitrogen and oxygen atoms in total. The second-order valence-corrected chi connectivity index (χ2v) is 4.67. The van der Waals surface area contributed by atoms with Crippen LogP contribution >= 0.6 is 0 Å². The van der Waals surface area contributed by atoms with Crippen molar-refractivity contribution in [2.45, 2.75) is 59.6 Å². The van der Waals surface area contributed by atoms with E-state index >= 15 is 0 Å². The molecule has 0 amide bonds. The summed E-state index contributed by atoms with van der Waals surface area (Å²) >= 11 is 0. The van der Waals surface area contributed by atoms with Crippen LogP contribution < -0.4 is 5.73 Å². The molecule has 0 aliphatic rings. The number of rotatable bonds is 5. The summed E-state index contributed by atoms with van der Waals surface area (Å²) in [5, 5.41) is 0. The Hall–Kier alpha value is -0.0800. The van der Waals surface area contributed by atoms with E-state index in [0.29, 0.717) is 0 Å². The molecule has 0 aromatic heterocycles. The van der Waals surface area contributed by atoms with Gasteiger partial charge in [-0.2, -0.15) is 0 Å². The van der Waals surface area contributed by atoms with Crippen LogP contribution in [0.1, 0.15) is 47.5 Å². The number of hydrogen-bond donors (Lipinski definition) is 1. The summed E-state index contributed by atoms with van der Waals surface area (Å²) < 4.78 is 5.65. The van der Waals surface area contributed by atoms with Crippen molar-refractivity contribution in [3.8, 4) is 0 Å². The maximum Gasteiger partial charge on any atom is 0.0730 e. The van der Waals surface area contributed by atoms with E-state index in [9.17, 15) is 0 Å². The maximum atomic E-state index is 6.14. The maximum absolute atomic E-state index is 6.14. The first-order valence-corrected chi connectivity index (χ1v) is 5.30. The highest BCUT2D eigenvalue weighted by molar-refractivity contribution is 4.84. The lowest BCUT2D eigenvalue weighted by Gasteiger charge is -2.33. The Morgan fingerprint density at radius 2 is 1.77 bits per heavy atom. The van der Waals surface area contributed by atoms with Crippen molar-refractivity contribution in [2.24, 2.45) is 11.1 Å². The highest BCUT2D eigenvalue weighted by Crippen LogP contribution is 2.23. The zero-order valence-corrected chi connectivity index (χ0v) is 9.76. The topological polar surface area (TPSA) is 35.2 Å². The summed E-state index contributed by atoms with van der Waals surface area (Å²) in [5.41, 5.74) is 6.28. The summed E-state index contributed by atoms with van der Waals surface area (Å²) in [6.45, 7) is 11.5. The summed E-state index contributed by atoms with van der Waals surface area (Å²) in [6.07, 6.45) is 2.41. The summed E-state index contributed by atoms with van der Waals surface area (Å²) in [7, 11) is 0. The molecule has 13 heavy (non-hydrogen) atoms. The molecule has 0 bridgehead atoms. The Labute approximate surface area is 82.8 Å². The van der Waals surface area contributed by atoms with Gasteiger partial charge in [0.1, 0.15) is 0 Å². The van der Waals surface area contributed by atoms with E-state index in [2.05, 4.69) is 27.7 Å². The Morgan fingerprint density at radius 1 is 1.23 bits per heavy atom. The van der Waals surface area contributed by atoms with Gasteiger partial charge in [0.2, 0.25) is 0 Å². The number of nitrogens with two attached hydrogens (primary N) is 1. The molecule has 0 aromatic rings. The molecule has 0 saturated carbocycles. The number of hydrogen-bond acceptors (Lipinski definition) is 2. The third-order valence-electron chi connectivity index (χ3n) is 2.35. The summed E-state index contributed by atoms with van der Waals surface area (Å²) in [5.74, 6) is 0. The molecule has 0 radical (unpaired) electrons. The minimum absolute atomic E-state index is 0.132. The van der Waals surface area contributed by atoms with E-state index in [1.165, 1.54) is 0 Å². The van der Waals surface area contributed by atoms with Crippen LogP contribution in [-0.2, 0) is 4.74 Å². The van der Waals surface area contributed by atoms with Gasteiger partial charge in [-0.15, -0.1) is 0 Å². The molecule has 2 N–H and O–H groups in total. The van der Waals surface area contributed by atoms with Gasteiger partial charge < -0.3 is 10.5 Å². The van der Waals surface area contributed by atoms with Crippen molar-refractivity contribution >= 4 is 0 Å². The van der Waals surface area contributed by atoms with E-state index in [1.807, 2.05) is 6.92 Å². The predicted octanol–water partition coefficient (Wildman–Crippen LogP) is 2.57. The first kappa shape index (κ1) is 12.9. The van der Waals surface area contributed by atoms with Crippen LogP contribution in [0.3, 0.4) is 0 Å². The van der Waals surface area contributed by atoms with E-state index in [0.717, 1.165) is 19.4 Å². The van der Waals surface area contributed by atoms with Gasteiger partial charge in [0.05, 0.1) is 6.10 Å². The van der Waals surface area contributed by atoms with Crippen molar-refractivity contribution in [3.63, 3.8) is 0 Å². The van der Waals surface area contributed by atoms with Crippen LogP contribution in [0, 0.1) is 5.41 Å². The first-order valence-electron chi connectivity index (χ1n) is 5.30. The summed E-state index contributed by atoms with van der Waals surface area (Å²) in [4.78, 5) is 0. The lowest BCUT2D eigenvalue weighted by molar-refractivity contribution is 0.0102. The smallest absolute Gasteiger partial charge is 0.0730 e. The van der Waals surface area contributed by atoms with Crippen molar-refractivity contribution in [1.29, 1.82) is 0 Å². The van der Waals surface area contributed by atoms with Crippen LogP contribution in [0.25, 0.3) is 0 Å². The molecular weight excluding hydrogens is 162 g/mol. The zero-order chi connectivity index (χ0) is 10.5. The van der Waals surface area contributed by atoms with Crippen LogP contribution in [0.2, 0.25) is 0 Å². The monoisotopic (exact) mass is 187 g/mol. The Balaban J connectivity index is 4.18. The zero-order valence-electron chi connectivity index (χ0n) is 9.76. The van der Waals surface area contributed by atoms with Crippen molar-refractivity contribution < 1.29 is 4.74 Å². The number of ether oxygens (including phenoxy) is 1. The average molecular weight is 187 g/mol. The van der Waals surface area contributed by atoms with Crippen LogP contribution in [-0.4, -0.2) is 18.8 Å². The molecule has 0 aromatic carbocycles. The lowest BCUT2D eigenvalue weighted by atomic mass is 9.83. The van der Waals surface area contributed by atoms with E-state index in [1.54, 1.807) is 0 Å². The lowest BCUT2D eigenvalue weighted by Crippen LogP contribution is -2.46. The van der Waals surface area contributed by atoms with Gasteiger partial charge in [-0.05, 0) is 18.8 Å². The van der Waals surface area contributed by atoms with Crippen molar-refractivity contribution in [3.05, 3.63) is 0 Å². The second kappa shape index (κ2) is 5.61. The fourth-order valence-electron chi connectivity index (χ4n) is 1.42. The third kappa shape index (κ3) is 4.63. The van der Waals surface area contributed by atoms with Crippen LogP contribution in [0.4, 0.5) is 0 Å². The minimum atomic E-state index is 0.132. The Kier molecular flexibility index (Phi) is 5.57.